The molecule has 0 amide bonds. The minimum Gasteiger partial charge on any atom is -0.486 e. The number of rotatable bonds is 3. The van der Waals surface area contributed by atoms with E-state index in [2.05, 4.69) is 9.97 Å². The van der Waals surface area contributed by atoms with Gasteiger partial charge in [0, 0.05) is 6.07 Å². The summed E-state index contributed by atoms with van der Waals surface area (Å²) in [6.45, 7) is 0.137. The SMILES string of the molecule is O=c1[nH]c(COc2ccc(Cl)c(Cl)c2)nc2ccccc12. The van der Waals surface area contributed by atoms with Crippen LogP contribution in [0.5, 0.6) is 5.75 Å². The number of para-hydroxylation sites is 1. The van der Waals surface area contributed by atoms with Gasteiger partial charge in [0.2, 0.25) is 0 Å². The van der Waals surface area contributed by atoms with Crippen molar-refractivity contribution in [3.8, 4) is 5.75 Å². The van der Waals surface area contributed by atoms with Crippen LogP contribution in [-0.2, 0) is 6.61 Å². The molecule has 6 heteroatoms. The van der Waals surface area contributed by atoms with Crippen LogP contribution >= 0.6 is 23.2 Å². The second-order valence-electron chi connectivity index (χ2n) is 4.39. The third kappa shape index (κ3) is 3.01. The average Bonchev–Trinajstić information content (AvgIpc) is 2.49. The number of hydrogen-bond donors (Lipinski definition) is 1. The minimum absolute atomic E-state index is 0.137. The van der Waals surface area contributed by atoms with Crippen molar-refractivity contribution in [2.75, 3.05) is 0 Å². The highest BCUT2D eigenvalue weighted by Gasteiger charge is 2.05. The van der Waals surface area contributed by atoms with E-state index in [0.717, 1.165) is 0 Å². The van der Waals surface area contributed by atoms with Crippen molar-refractivity contribution in [1.29, 1.82) is 0 Å². The molecule has 3 aromatic rings. The Bertz CT molecular complexity index is 862. The Labute approximate surface area is 130 Å². The Morgan fingerprint density at radius 2 is 1.90 bits per heavy atom. The van der Waals surface area contributed by atoms with Crippen molar-refractivity contribution in [1.82, 2.24) is 9.97 Å². The molecule has 0 unspecified atom stereocenters. The number of H-pyrrole nitrogens is 1. The van der Waals surface area contributed by atoms with Gasteiger partial charge in [-0.05, 0) is 24.3 Å². The van der Waals surface area contributed by atoms with Gasteiger partial charge in [0.25, 0.3) is 5.56 Å². The highest BCUT2D eigenvalue weighted by Crippen LogP contribution is 2.26. The van der Waals surface area contributed by atoms with E-state index < -0.39 is 0 Å². The van der Waals surface area contributed by atoms with Crippen LogP contribution in [0.3, 0.4) is 0 Å². The smallest absolute Gasteiger partial charge is 0.258 e. The zero-order chi connectivity index (χ0) is 14.8. The van der Waals surface area contributed by atoms with Gasteiger partial charge in [0.1, 0.15) is 18.2 Å². The first-order chi connectivity index (χ1) is 10.1. The Hall–Kier alpha value is -2.04. The first-order valence-corrected chi connectivity index (χ1v) is 6.95. The summed E-state index contributed by atoms with van der Waals surface area (Å²) in [4.78, 5) is 19.0. The van der Waals surface area contributed by atoms with E-state index in [4.69, 9.17) is 27.9 Å². The standard InChI is InChI=1S/C15H10Cl2N2O2/c16-11-6-5-9(7-12(11)17)21-8-14-18-13-4-2-1-3-10(13)15(20)19-14/h1-7H,8H2,(H,18,19,20). The molecule has 21 heavy (non-hydrogen) atoms. The first kappa shape index (κ1) is 13.9. The van der Waals surface area contributed by atoms with Gasteiger partial charge < -0.3 is 9.72 Å². The van der Waals surface area contributed by atoms with E-state index in [-0.39, 0.29) is 12.2 Å². The lowest BCUT2D eigenvalue weighted by Gasteiger charge is -2.07. The Morgan fingerprint density at radius 3 is 2.71 bits per heavy atom. The molecule has 0 saturated carbocycles. The third-order valence-corrected chi connectivity index (χ3v) is 3.67. The van der Waals surface area contributed by atoms with Crippen LogP contribution < -0.4 is 10.3 Å². The number of nitrogens with zero attached hydrogens (tertiary/aromatic N) is 1. The maximum Gasteiger partial charge on any atom is 0.258 e. The molecule has 0 aliphatic heterocycles. The highest BCUT2D eigenvalue weighted by molar-refractivity contribution is 6.42. The summed E-state index contributed by atoms with van der Waals surface area (Å²) >= 11 is 11.8. The van der Waals surface area contributed by atoms with Crippen molar-refractivity contribution in [3.05, 3.63) is 68.7 Å². The quantitative estimate of drug-likeness (QED) is 0.798. The van der Waals surface area contributed by atoms with E-state index in [0.29, 0.717) is 32.5 Å². The number of aromatic amines is 1. The summed E-state index contributed by atoms with van der Waals surface area (Å²) in [6, 6.07) is 12.1. The summed E-state index contributed by atoms with van der Waals surface area (Å²) in [5, 5.41) is 1.42. The van der Waals surface area contributed by atoms with Crippen molar-refractivity contribution in [2.45, 2.75) is 6.61 Å². The predicted molar refractivity (Wildman–Crippen MR) is 83.2 cm³/mol. The molecule has 1 heterocycles. The number of benzene rings is 2. The Kier molecular flexibility index (Phi) is 3.82. The van der Waals surface area contributed by atoms with Crippen LogP contribution in [0.25, 0.3) is 10.9 Å². The summed E-state index contributed by atoms with van der Waals surface area (Å²) in [5.41, 5.74) is 0.447. The molecule has 0 saturated heterocycles. The fourth-order valence-corrected chi connectivity index (χ4v) is 2.21. The van der Waals surface area contributed by atoms with Crippen LogP contribution in [0.1, 0.15) is 5.82 Å². The van der Waals surface area contributed by atoms with Crippen molar-refractivity contribution in [2.24, 2.45) is 0 Å². The lowest BCUT2D eigenvalue weighted by Crippen LogP contribution is -2.13. The van der Waals surface area contributed by atoms with Crippen LogP contribution in [-0.4, -0.2) is 9.97 Å². The number of aromatic nitrogens is 2. The predicted octanol–water partition coefficient (Wildman–Crippen LogP) is 3.81. The van der Waals surface area contributed by atoms with Gasteiger partial charge in [-0.3, -0.25) is 4.79 Å². The molecule has 1 N–H and O–H groups in total. The maximum atomic E-state index is 11.9. The van der Waals surface area contributed by atoms with Gasteiger partial charge in [0.15, 0.2) is 0 Å². The number of ether oxygens (including phenoxy) is 1. The van der Waals surface area contributed by atoms with Crippen LogP contribution in [0, 0.1) is 0 Å². The lowest BCUT2D eigenvalue weighted by atomic mass is 10.2. The monoisotopic (exact) mass is 320 g/mol. The fourth-order valence-electron chi connectivity index (χ4n) is 1.92. The number of halogens is 2. The molecule has 0 aliphatic carbocycles. The molecule has 0 atom stereocenters. The number of fused-ring (bicyclic) bond motifs is 1. The molecular weight excluding hydrogens is 311 g/mol. The topological polar surface area (TPSA) is 55.0 Å². The summed E-state index contributed by atoms with van der Waals surface area (Å²) < 4.78 is 5.56. The average molecular weight is 321 g/mol. The van der Waals surface area contributed by atoms with Crippen LogP contribution in [0.2, 0.25) is 10.0 Å². The highest BCUT2D eigenvalue weighted by atomic mass is 35.5. The second-order valence-corrected chi connectivity index (χ2v) is 5.21. The van der Waals surface area contributed by atoms with E-state index >= 15 is 0 Å². The Balaban J connectivity index is 1.85. The molecule has 106 valence electrons. The van der Waals surface area contributed by atoms with Gasteiger partial charge in [0.05, 0.1) is 20.9 Å². The summed E-state index contributed by atoms with van der Waals surface area (Å²) in [5.74, 6) is 1.00. The van der Waals surface area contributed by atoms with Crippen molar-refractivity contribution in [3.63, 3.8) is 0 Å². The molecule has 0 spiro atoms. The molecule has 0 radical (unpaired) electrons. The molecule has 0 aliphatic rings. The fraction of sp³-hybridized carbons (Fsp3) is 0.0667. The van der Waals surface area contributed by atoms with E-state index in [1.807, 2.05) is 6.07 Å². The van der Waals surface area contributed by atoms with Gasteiger partial charge in [-0.15, -0.1) is 0 Å². The van der Waals surface area contributed by atoms with E-state index in [9.17, 15) is 4.79 Å². The molecule has 1 aromatic heterocycles. The molecular formula is C15H10Cl2N2O2. The minimum atomic E-state index is -0.187. The lowest BCUT2D eigenvalue weighted by molar-refractivity contribution is 0.296. The zero-order valence-electron chi connectivity index (χ0n) is 10.8. The number of hydrogen-bond acceptors (Lipinski definition) is 3. The molecule has 2 aromatic carbocycles. The first-order valence-electron chi connectivity index (χ1n) is 6.19. The van der Waals surface area contributed by atoms with Gasteiger partial charge in [-0.2, -0.15) is 0 Å². The largest absolute Gasteiger partial charge is 0.486 e. The summed E-state index contributed by atoms with van der Waals surface area (Å²) in [7, 11) is 0. The number of nitrogens with one attached hydrogen (secondary N) is 1. The summed E-state index contributed by atoms with van der Waals surface area (Å²) in [6.07, 6.45) is 0. The zero-order valence-corrected chi connectivity index (χ0v) is 12.3. The molecule has 0 fully saturated rings. The molecule has 4 nitrogen and oxygen atoms in total. The van der Waals surface area contributed by atoms with Crippen molar-refractivity contribution >= 4 is 34.1 Å². The second kappa shape index (κ2) is 5.76. The normalized spacial score (nSPS) is 10.8. The van der Waals surface area contributed by atoms with Crippen molar-refractivity contribution < 1.29 is 4.74 Å². The van der Waals surface area contributed by atoms with E-state index in [1.165, 1.54) is 0 Å². The van der Waals surface area contributed by atoms with E-state index in [1.54, 1.807) is 36.4 Å². The molecule has 0 bridgehead atoms. The van der Waals surface area contributed by atoms with Gasteiger partial charge in [-0.25, -0.2) is 4.98 Å². The Morgan fingerprint density at radius 1 is 1.10 bits per heavy atom. The van der Waals surface area contributed by atoms with Gasteiger partial charge >= 0.3 is 0 Å². The van der Waals surface area contributed by atoms with Gasteiger partial charge in [-0.1, -0.05) is 35.3 Å². The van der Waals surface area contributed by atoms with Crippen LogP contribution in [0.4, 0.5) is 0 Å². The van der Waals surface area contributed by atoms with Crippen LogP contribution in [0.15, 0.2) is 47.3 Å². The molecule has 3 rings (SSSR count). The maximum absolute atomic E-state index is 11.9. The third-order valence-electron chi connectivity index (χ3n) is 2.93.